The maximum Gasteiger partial charge on any atom is 0.490 e. The fraction of sp³-hybridized carbons (Fsp3) is 0.769. The zero-order chi connectivity index (χ0) is 21.4. The van der Waals surface area contributed by atoms with Crippen LogP contribution in [-0.4, -0.2) is 77.5 Å². The van der Waals surface area contributed by atoms with E-state index in [2.05, 4.69) is 10.2 Å². The minimum absolute atomic E-state index is 0.0223. The van der Waals surface area contributed by atoms with Crippen LogP contribution in [0.4, 0.5) is 26.3 Å². The van der Waals surface area contributed by atoms with Crippen molar-refractivity contribution in [3.05, 3.63) is 0 Å². The van der Waals surface area contributed by atoms with Crippen LogP contribution in [0.5, 0.6) is 0 Å². The zero-order valence-electron chi connectivity index (χ0n) is 13.8. The van der Waals surface area contributed by atoms with Gasteiger partial charge in [0, 0.05) is 12.6 Å². The Bertz CT molecular complexity index is 498. The second-order valence-electron chi connectivity index (χ2n) is 5.56. The summed E-state index contributed by atoms with van der Waals surface area (Å²) >= 11 is 0. The molecule has 2 heterocycles. The maximum absolute atomic E-state index is 11.2. The summed E-state index contributed by atoms with van der Waals surface area (Å²) in [5, 5.41) is 17.5. The van der Waals surface area contributed by atoms with Gasteiger partial charge in [-0.15, -0.1) is 0 Å². The molecule has 1 amide bonds. The van der Waals surface area contributed by atoms with E-state index in [1.54, 1.807) is 0 Å². The molecule has 2 rings (SSSR count). The summed E-state index contributed by atoms with van der Waals surface area (Å²) < 4.78 is 63.5. The van der Waals surface area contributed by atoms with E-state index in [1.165, 1.54) is 6.42 Å². The van der Waals surface area contributed by atoms with Gasteiger partial charge >= 0.3 is 24.3 Å². The highest BCUT2D eigenvalue weighted by molar-refractivity contribution is 5.77. The smallest absolute Gasteiger partial charge is 0.475 e. The molecule has 2 saturated heterocycles. The average Bonchev–Trinajstić information content (AvgIpc) is 2.45. The van der Waals surface area contributed by atoms with E-state index in [9.17, 15) is 31.1 Å². The molecular weight excluding hydrogens is 392 g/mol. The van der Waals surface area contributed by atoms with Crippen LogP contribution in [0.15, 0.2) is 0 Å². The standard InChI is InChI=1S/C9H17N3O.2C2HF3O2/c10-9(13)7-6-11-3-2-8(7)12-4-1-5-12;2*3-2(4,5)1(6)7/h7-8,11H,1-6H2,(H2,10,13);2*(H,6,7)/t7-,8+;;/m1../s1. The van der Waals surface area contributed by atoms with Gasteiger partial charge in [-0.05, 0) is 32.5 Å². The van der Waals surface area contributed by atoms with Crippen molar-refractivity contribution in [2.45, 2.75) is 31.2 Å². The molecule has 2 aliphatic rings. The van der Waals surface area contributed by atoms with Gasteiger partial charge in [0.25, 0.3) is 0 Å². The number of alkyl halides is 6. The number of piperidine rings is 1. The fourth-order valence-electron chi connectivity index (χ4n) is 2.24. The summed E-state index contributed by atoms with van der Waals surface area (Å²) in [5.74, 6) is -5.64. The Morgan fingerprint density at radius 1 is 0.963 bits per heavy atom. The number of carboxylic acid groups (broad SMARTS) is 2. The van der Waals surface area contributed by atoms with Gasteiger partial charge in [-0.3, -0.25) is 9.69 Å². The molecular formula is C13H19F6N3O5. The Morgan fingerprint density at radius 3 is 1.63 bits per heavy atom. The molecule has 0 aromatic carbocycles. The van der Waals surface area contributed by atoms with Gasteiger partial charge in [-0.2, -0.15) is 26.3 Å². The number of nitrogens with two attached hydrogens (primary N) is 1. The third-order valence-electron chi connectivity index (χ3n) is 3.66. The summed E-state index contributed by atoms with van der Waals surface area (Å²) in [7, 11) is 0. The van der Waals surface area contributed by atoms with E-state index in [1.807, 2.05) is 0 Å². The molecule has 0 radical (unpaired) electrons. The summed E-state index contributed by atoms with van der Waals surface area (Å²) in [4.78, 5) is 31.3. The predicted molar refractivity (Wildman–Crippen MR) is 77.5 cm³/mol. The number of carboxylic acids is 2. The number of halogens is 6. The van der Waals surface area contributed by atoms with E-state index in [-0.39, 0.29) is 11.8 Å². The highest BCUT2D eigenvalue weighted by Gasteiger charge is 2.39. The van der Waals surface area contributed by atoms with Crippen molar-refractivity contribution in [1.82, 2.24) is 10.2 Å². The molecule has 2 atom stereocenters. The number of hydrogen-bond donors (Lipinski definition) is 4. The summed E-state index contributed by atoms with van der Waals surface area (Å²) in [6.07, 6.45) is -7.83. The number of nitrogens with one attached hydrogen (secondary N) is 1. The van der Waals surface area contributed by atoms with Crippen molar-refractivity contribution >= 4 is 17.8 Å². The van der Waals surface area contributed by atoms with Gasteiger partial charge in [0.1, 0.15) is 0 Å². The monoisotopic (exact) mass is 411 g/mol. The number of nitrogens with zero attached hydrogens (tertiary/aromatic N) is 1. The average molecular weight is 411 g/mol. The van der Waals surface area contributed by atoms with Crippen LogP contribution < -0.4 is 11.1 Å². The topological polar surface area (TPSA) is 133 Å². The van der Waals surface area contributed by atoms with Crippen molar-refractivity contribution in [2.75, 3.05) is 26.2 Å². The maximum atomic E-state index is 11.2. The number of aliphatic carboxylic acids is 2. The van der Waals surface area contributed by atoms with Crippen molar-refractivity contribution in [3.63, 3.8) is 0 Å². The van der Waals surface area contributed by atoms with E-state index in [0.717, 1.165) is 32.6 Å². The first-order chi connectivity index (χ1) is 12.2. The van der Waals surface area contributed by atoms with Crippen molar-refractivity contribution in [1.29, 1.82) is 0 Å². The first-order valence-corrected chi connectivity index (χ1v) is 7.52. The Balaban J connectivity index is 0.000000416. The number of hydrogen-bond acceptors (Lipinski definition) is 5. The molecule has 5 N–H and O–H groups in total. The molecule has 158 valence electrons. The van der Waals surface area contributed by atoms with Crippen LogP contribution >= 0.6 is 0 Å². The third-order valence-corrected chi connectivity index (χ3v) is 3.66. The van der Waals surface area contributed by atoms with Crippen molar-refractivity contribution in [2.24, 2.45) is 11.7 Å². The lowest BCUT2D eigenvalue weighted by Crippen LogP contribution is -2.57. The van der Waals surface area contributed by atoms with Crippen LogP contribution in [0.2, 0.25) is 0 Å². The van der Waals surface area contributed by atoms with E-state index >= 15 is 0 Å². The summed E-state index contributed by atoms with van der Waals surface area (Å²) in [6, 6.07) is 0.410. The van der Waals surface area contributed by atoms with Crippen LogP contribution in [0, 0.1) is 5.92 Å². The van der Waals surface area contributed by atoms with Crippen molar-refractivity contribution in [3.8, 4) is 0 Å². The van der Waals surface area contributed by atoms with Crippen LogP contribution in [0.25, 0.3) is 0 Å². The first kappa shape index (κ1) is 24.9. The van der Waals surface area contributed by atoms with Gasteiger partial charge in [0.05, 0.1) is 5.92 Å². The number of amides is 1. The van der Waals surface area contributed by atoms with Gasteiger partial charge in [0.2, 0.25) is 5.91 Å². The number of likely N-dealkylation sites (tertiary alicyclic amines) is 1. The molecule has 0 unspecified atom stereocenters. The van der Waals surface area contributed by atoms with Gasteiger partial charge < -0.3 is 21.3 Å². The summed E-state index contributed by atoms with van der Waals surface area (Å²) in [5.41, 5.74) is 5.37. The molecule has 2 fully saturated rings. The quantitative estimate of drug-likeness (QED) is 0.484. The lowest BCUT2D eigenvalue weighted by Gasteiger charge is -2.43. The van der Waals surface area contributed by atoms with Crippen LogP contribution in [0.3, 0.4) is 0 Å². The molecule has 14 heteroatoms. The SMILES string of the molecule is NC(=O)[C@@H]1CNCC[C@@H]1N1CCC1.O=C(O)C(F)(F)F.O=C(O)C(F)(F)F. The van der Waals surface area contributed by atoms with Gasteiger partial charge in [-0.1, -0.05) is 0 Å². The number of primary amides is 1. The van der Waals surface area contributed by atoms with Gasteiger partial charge in [-0.25, -0.2) is 9.59 Å². The highest BCUT2D eigenvalue weighted by atomic mass is 19.4. The molecule has 2 aliphatic heterocycles. The van der Waals surface area contributed by atoms with Crippen molar-refractivity contribution < 1.29 is 50.9 Å². The lowest BCUT2D eigenvalue weighted by molar-refractivity contribution is -0.193. The fourth-order valence-corrected chi connectivity index (χ4v) is 2.24. The predicted octanol–water partition coefficient (Wildman–Crippen LogP) is 0.422. The first-order valence-electron chi connectivity index (χ1n) is 7.52. The number of carbonyl (C=O) groups excluding carboxylic acids is 1. The zero-order valence-corrected chi connectivity index (χ0v) is 13.8. The molecule has 0 aromatic heterocycles. The van der Waals surface area contributed by atoms with E-state index < -0.39 is 24.3 Å². The molecule has 0 aromatic rings. The Hall–Kier alpha value is -2.09. The van der Waals surface area contributed by atoms with Gasteiger partial charge in [0.15, 0.2) is 0 Å². The molecule has 0 bridgehead atoms. The number of rotatable bonds is 2. The lowest BCUT2D eigenvalue weighted by atomic mass is 9.89. The normalized spacial score (nSPS) is 22.9. The molecule has 27 heavy (non-hydrogen) atoms. The Labute approximate surface area is 149 Å². The minimum atomic E-state index is -5.08. The second-order valence-corrected chi connectivity index (χ2v) is 5.56. The molecule has 0 aliphatic carbocycles. The summed E-state index contributed by atoms with van der Waals surface area (Å²) in [6.45, 7) is 4.07. The second kappa shape index (κ2) is 10.3. The largest absolute Gasteiger partial charge is 0.490 e. The van der Waals surface area contributed by atoms with E-state index in [0.29, 0.717) is 6.04 Å². The third kappa shape index (κ3) is 9.42. The Kier molecular flexibility index (Phi) is 9.50. The van der Waals surface area contributed by atoms with E-state index in [4.69, 9.17) is 25.5 Å². The molecule has 8 nitrogen and oxygen atoms in total. The minimum Gasteiger partial charge on any atom is -0.475 e. The van der Waals surface area contributed by atoms with Crippen LogP contribution in [-0.2, 0) is 14.4 Å². The molecule has 0 spiro atoms. The highest BCUT2D eigenvalue weighted by Crippen LogP contribution is 2.22. The van der Waals surface area contributed by atoms with Crippen LogP contribution in [0.1, 0.15) is 12.8 Å². The molecule has 0 saturated carbocycles. The Morgan fingerprint density at radius 2 is 1.37 bits per heavy atom. The number of carbonyl (C=O) groups is 3.